The molecule has 2 aromatic heterocycles. The first-order valence-electron chi connectivity index (χ1n) is 13.2. The zero-order valence-electron chi connectivity index (χ0n) is 22.1. The highest BCUT2D eigenvalue weighted by Crippen LogP contribution is 2.50. The maximum absolute atomic E-state index is 15.4. The van der Waals surface area contributed by atoms with Crippen LogP contribution >= 0.6 is 0 Å². The topological polar surface area (TPSA) is 73.0 Å². The molecule has 2 aliphatic rings. The lowest BCUT2D eigenvalue weighted by Gasteiger charge is -2.43. The Balaban J connectivity index is 1.44. The van der Waals surface area contributed by atoms with Crippen LogP contribution in [0, 0.1) is 12.7 Å². The number of hydrogen-bond acceptors (Lipinski definition) is 5. The molecule has 2 heterocycles. The summed E-state index contributed by atoms with van der Waals surface area (Å²) in [6, 6.07) is 8.95. The number of fused-ring (bicyclic) bond motifs is 1. The van der Waals surface area contributed by atoms with Crippen LogP contribution in [0.4, 0.5) is 8.78 Å². The molecule has 0 bridgehead atoms. The van der Waals surface area contributed by atoms with Gasteiger partial charge in [0.05, 0.1) is 16.4 Å². The number of benzene rings is 2. The Labute approximate surface area is 220 Å². The van der Waals surface area contributed by atoms with E-state index in [1.54, 1.807) is 19.3 Å². The van der Waals surface area contributed by atoms with Crippen molar-refractivity contribution in [2.45, 2.75) is 76.0 Å². The van der Waals surface area contributed by atoms with Gasteiger partial charge in [0, 0.05) is 29.8 Å². The van der Waals surface area contributed by atoms with E-state index in [4.69, 9.17) is 4.42 Å². The van der Waals surface area contributed by atoms with E-state index in [1.165, 1.54) is 6.26 Å². The molecule has 4 aromatic rings. The van der Waals surface area contributed by atoms with Crippen LogP contribution in [0.25, 0.3) is 22.1 Å². The van der Waals surface area contributed by atoms with Gasteiger partial charge in [-0.25, -0.2) is 8.78 Å². The molecule has 6 rings (SSSR count). The molecule has 0 amide bonds. The van der Waals surface area contributed by atoms with E-state index >= 15 is 4.39 Å². The summed E-state index contributed by atoms with van der Waals surface area (Å²) in [5, 5.41) is 12.2. The second kappa shape index (κ2) is 8.83. The van der Waals surface area contributed by atoms with Gasteiger partial charge in [-0.15, -0.1) is 10.2 Å². The third-order valence-corrected chi connectivity index (χ3v) is 8.75. The van der Waals surface area contributed by atoms with E-state index in [0.29, 0.717) is 46.3 Å². The zero-order chi connectivity index (χ0) is 26.8. The Morgan fingerprint density at radius 2 is 2.00 bits per heavy atom. The molecule has 0 saturated heterocycles. The Kier molecular flexibility index (Phi) is 5.79. The summed E-state index contributed by atoms with van der Waals surface area (Å²) in [6.45, 7) is 5.74. The van der Waals surface area contributed by atoms with E-state index in [2.05, 4.69) is 22.4 Å². The summed E-state index contributed by atoms with van der Waals surface area (Å²) in [6.07, 6.45) is 5.97. The number of aryl methyl sites for hydroxylation is 2. The number of hydrogen-bond donors (Lipinski definition) is 1. The fraction of sp³-hybridized carbons (Fsp3) is 0.433. The van der Waals surface area contributed by atoms with Crippen LogP contribution in [0.3, 0.4) is 0 Å². The molecule has 1 N–H and O–H groups in total. The molecule has 2 saturated carbocycles. The van der Waals surface area contributed by atoms with Gasteiger partial charge in [0.2, 0.25) is 5.43 Å². The minimum atomic E-state index is -0.921. The van der Waals surface area contributed by atoms with E-state index < -0.39 is 11.6 Å². The van der Waals surface area contributed by atoms with Gasteiger partial charge in [0.25, 0.3) is 0 Å². The number of aromatic nitrogens is 3. The van der Waals surface area contributed by atoms with Crippen molar-refractivity contribution in [1.29, 1.82) is 0 Å². The third-order valence-electron chi connectivity index (χ3n) is 8.75. The van der Waals surface area contributed by atoms with Crippen LogP contribution in [0.15, 0.2) is 52.1 Å². The van der Waals surface area contributed by atoms with Gasteiger partial charge in [-0.1, -0.05) is 18.2 Å². The first kappa shape index (κ1) is 24.9. The average molecular weight is 519 g/mol. The van der Waals surface area contributed by atoms with Crippen LogP contribution in [0.2, 0.25) is 0 Å². The van der Waals surface area contributed by atoms with Gasteiger partial charge in [-0.3, -0.25) is 4.79 Å². The first-order valence-corrected chi connectivity index (χ1v) is 13.2. The van der Waals surface area contributed by atoms with Crippen molar-refractivity contribution in [2.75, 3.05) is 0 Å². The van der Waals surface area contributed by atoms with E-state index in [0.717, 1.165) is 24.8 Å². The normalized spacial score (nSPS) is 23.2. The predicted molar refractivity (Wildman–Crippen MR) is 142 cm³/mol. The molecule has 38 heavy (non-hydrogen) atoms. The average Bonchev–Trinajstić information content (AvgIpc) is 3.29. The van der Waals surface area contributed by atoms with Gasteiger partial charge in [0.15, 0.2) is 0 Å². The fourth-order valence-corrected chi connectivity index (χ4v) is 6.35. The van der Waals surface area contributed by atoms with Crippen molar-refractivity contribution in [3.05, 3.63) is 81.5 Å². The number of rotatable bonds is 6. The second-order valence-corrected chi connectivity index (χ2v) is 11.5. The Morgan fingerprint density at radius 1 is 1.24 bits per heavy atom. The molecular formula is C30H32F2N4O2. The lowest BCUT2D eigenvalue weighted by Crippen LogP contribution is -2.49. The van der Waals surface area contributed by atoms with Gasteiger partial charge in [-0.05, 0) is 76.1 Å². The standard InChI is InChI=1S/C30H32F2N4O2/c1-17-25(32)22(18(2)34-29(3)9-6-10-29)12-23-26(37)24(15-38-27(17)23)19-7-5-8-20(11-19)30(13-21(31)14-30)28-35-33-16-36(28)4/h5,7-8,11-12,15-16,18,21,34H,6,9-10,13-14H2,1-4H3. The van der Waals surface area contributed by atoms with Gasteiger partial charge >= 0.3 is 0 Å². The molecule has 6 nitrogen and oxygen atoms in total. The molecular weight excluding hydrogens is 486 g/mol. The quantitative estimate of drug-likeness (QED) is 0.337. The Hall–Kier alpha value is -3.39. The summed E-state index contributed by atoms with van der Waals surface area (Å²) in [4.78, 5) is 13.8. The van der Waals surface area contributed by atoms with Crippen molar-refractivity contribution < 1.29 is 13.2 Å². The van der Waals surface area contributed by atoms with Crippen LogP contribution < -0.4 is 10.7 Å². The third kappa shape index (κ3) is 3.80. The molecule has 8 heteroatoms. The SMILES string of the molecule is Cc1c(F)c(C(C)NC2(C)CCC2)cc2c(=O)c(-c3cccc(C4(c5nncn5C)CC(F)C4)c3)coc12. The highest BCUT2D eigenvalue weighted by molar-refractivity contribution is 5.85. The van der Waals surface area contributed by atoms with Crippen molar-refractivity contribution in [3.8, 4) is 11.1 Å². The highest BCUT2D eigenvalue weighted by atomic mass is 19.1. The summed E-state index contributed by atoms with van der Waals surface area (Å²) in [5.74, 6) is 0.348. The van der Waals surface area contributed by atoms with Crippen LogP contribution in [-0.2, 0) is 12.5 Å². The minimum absolute atomic E-state index is 0.0134. The molecule has 0 radical (unpaired) electrons. The molecule has 1 unspecified atom stereocenters. The van der Waals surface area contributed by atoms with Crippen LogP contribution in [0.1, 0.15) is 74.5 Å². The summed E-state index contributed by atoms with van der Waals surface area (Å²) >= 11 is 0. The Bertz CT molecular complexity index is 1600. The molecule has 1 atom stereocenters. The summed E-state index contributed by atoms with van der Waals surface area (Å²) in [5.41, 5.74) is 2.13. The zero-order valence-corrected chi connectivity index (χ0v) is 22.1. The van der Waals surface area contributed by atoms with Crippen molar-refractivity contribution >= 4 is 11.0 Å². The monoisotopic (exact) mass is 518 g/mol. The lowest BCUT2D eigenvalue weighted by molar-refractivity contribution is 0.114. The van der Waals surface area contributed by atoms with E-state index in [-0.39, 0.29) is 28.4 Å². The van der Waals surface area contributed by atoms with Gasteiger partial charge in [-0.2, -0.15) is 0 Å². The second-order valence-electron chi connectivity index (χ2n) is 11.5. The van der Waals surface area contributed by atoms with E-state index in [9.17, 15) is 9.18 Å². The molecule has 2 fully saturated rings. The largest absolute Gasteiger partial charge is 0.463 e. The predicted octanol–water partition coefficient (Wildman–Crippen LogP) is 6.05. The number of nitrogens with one attached hydrogen (secondary N) is 1. The number of halogens is 2. The van der Waals surface area contributed by atoms with Gasteiger partial charge < -0.3 is 14.3 Å². The summed E-state index contributed by atoms with van der Waals surface area (Å²) in [7, 11) is 1.85. The maximum Gasteiger partial charge on any atom is 0.200 e. The molecule has 2 aliphatic carbocycles. The molecule has 0 aliphatic heterocycles. The fourth-order valence-electron chi connectivity index (χ4n) is 6.35. The smallest absolute Gasteiger partial charge is 0.200 e. The minimum Gasteiger partial charge on any atom is -0.463 e. The highest BCUT2D eigenvalue weighted by Gasteiger charge is 2.50. The van der Waals surface area contributed by atoms with E-state index in [1.807, 2.05) is 42.8 Å². The number of alkyl halides is 1. The van der Waals surface area contributed by atoms with Crippen molar-refractivity contribution in [2.24, 2.45) is 7.05 Å². The Morgan fingerprint density at radius 3 is 2.63 bits per heavy atom. The lowest BCUT2D eigenvalue weighted by atomic mass is 9.62. The summed E-state index contributed by atoms with van der Waals surface area (Å²) < 4.78 is 37.4. The van der Waals surface area contributed by atoms with Gasteiger partial charge in [0.1, 0.15) is 36.0 Å². The first-order chi connectivity index (χ1) is 18.1. The maximum atomic E-state index is 15.4. The van der Waals surface area contributed by atoms with Crippen molar-refractivity contribution in [1.82, 2.24) is 20.1 Å². The molecule has 2 aromatic carbocycles. The molecule has 198 valence electrons. The number of nitrogens with zero attached hydrogens (tertiary/aromatic N) is 3. The van der Waals surface area contributed by atoms with Crippen LogP contribution in [-0.4, -0.2) is 26.5 Å². The van der Waals surface area contributed by atoms with Crippen LogP contribution in [0.5, 0.6) is 0 Å². The van der Waals surface area contributed by atoms with Crippen molar-refractivity contribution in [3.63, 3.8) is 0 Å². The molecule has 0 spiro atoms.